The average molecular weight is 387 g/mol. The molecule has 100 valence electrons. The zero-order chi connectivity index (χ0) is 14.0. The molecule has 1 aromatic heterocycles. The van der Waals surface area contributed by atoms with Crippen LogP contribution in [0.3, 0.4) is 0 Å². The molecule has 0 aliphatic heterocycles. The van der Waals surface area contributed by atoms with Gasteiger partial charge in [-0.05, 0) is 45.6 Å². The van der Waals surface area contributed by atoms with E-state index in [1.54, 1.807) is 6.07 Å². The number of nitrogens with two attached hydrogens (primary N) is 1. The SMILES string of the molecule is CC(C)c1cc(Br)ccc1Oc1nc(N)cc(Br)n1. The van der Waals surface area contributed by atoms with Crippen LogP contribution in [0.15, 0.2) is 33.3 Å². The Balaban J connectivity index is 2.37. The van der Waals surface area contributed by atoms with Gasteiger partial charge in [-0.15, -0.1) is 0 Å². The van der Waals surface area contributed by atoms with Crippen molar-refractivity contribution in [2.75, 3.05) is 5.73 Å². The van der Waals surface area contributed by atoms with Crippen molar-refractivity contribution in [3.63, 3.8) is 0 Å². The number of hydrogen-bond donors (Lipinski definition) is 1. The van der Waals surface area contributed by atoms with E-state index in [2.05, 4.69) is 55.7 Å². The van der Waals surface area contributed by atoms with E-state index in [4.69, 9.17) is 10.5 Å². The lowest BCUT2D eigenvalue weighted by atomic mass is 10.0. The lowest BCUT2D eigenvalue weighted by Gasteiger charge is -2.13. The van der Waals surface area contributed by atoms with Gasteiger partial charge >= 0.3 is 6.01 Å². The number of benzene rings is 1. The topological polar surface area (TPSA) is 61.0 Å². The smallest absolute Gasteiger partial charge is 0.325 e. The summed E-state index contributed by atoms with van der Waals surface area (Å²) in [5, 5.41) is 0. The molecule has 6 heteroatoms. The van der Waals surface area contributed by atoms with Gasteiger partial charge in [0.1, 0.15) is 16.2 Å². The minimum atomic E-state index is 0.232. The highest BCUT2D eigenvalue weighted by molar-refractivity contribution is 9.10. The molecule has 0 fully saturated rings. The fraction of sp³-hybridized carbons (Fsp3) is 0.231. The predicted molar refractivity (Wildman–Crippen MR) is 82.4 cm³/mol. The van der Waals surface area contributed by atoms with Gasteiger partial charge in [0.2, 0.25) is 0 Å². The highest BCUT2D eigenvalue weighted by Gasteiger charge is 2.11. The highest BCUT2D eigenvalue weighted by atomic mass is 79.9. The van der Waals surface area contributed by atoms with E-state index in [1.807, 2.05) is 18.2 Å². The largest absolute Gasteiger partial charge is 0.424 e. The summed E-state index contributed by atoms with van der Waals surface area (Å²) in [7, 11) is 0. The van der Waals surface area contributed by atoms with E-state index >= 15 is 0 Å². The normalized spacial score (nSPS) is 10.8. The molecule has 0 saturated carbocycles. The Labute approximate surface area is 128 Å². The van der Waals surface area contributed by atoms with Crippen LogP contribution in [0.4, 0.5) is 5.82 Å². The van der Waals surface area contributed by atoms with Crippen molar-refractivity contribution >= 4 is 37.7 Å². The molecule has 0 unspecified atom stereocenters. The van der Waals surface area contributed by atoms with Crippen molar-refractivity contribution in [3.8, 4) is 11.8 Å². The molecule has 0 aliphatic rings. The number of aromatic nitrogens is 2. The van der Waals surface area contributed by atoms with Crippen LogP contribution >= 0.6 is 31.9 Å². The maximum absolute atomic E-state index is 5.73. The fourth-order valence-electron chi connectivity index (χ4n) is 1.62. The zero-order valence-electron chi connectivity index (χ0n) is 10.5. The van der Waals surface area contributed by atoms with Crippen LogP contribution in [-0.2, 0) is 0 Å². The molecule has 2 rings (SSSR count). The first kappa shape index (κ1) is 14.3. The van der Waals surface area contributed by atoms with Crippen LogP contribution in [0.25, 0.3) is 0 Å². The van der Waals surface area contributed by atoms with Crippen molar-refractivity contribution in [1.82, 2.24) is 9.97 Å². The molecule has 0 aliphatic carbocycles. The predicted octanol–water partition coefficient (Wildman–Crippen LogP) is 4.50. The Kier molecular flexibility index (Phi) is 4.42. The van der Waals surface area contributed by atoms with Crippen LogP contribution in [0.5, 0.6) is 11.8 Å². The van der Waals surface area contributed by atoms with E-state index in [0.29, 0.717) is 16.3 Å². The third-order valence-electron chi connectivity index (χ3n) is 2.49. The molecule has 0 amide bonds. The van der Waals surface area contributed by atoms with Gasteiger partial charge in [0, 0.05) is 10.5 Å². The summed E-state index contributed by atoms with van der Waals surface area (Å²) >= 11 is 6.73. The number of nitrogen functional groups attached to an aromatic ring is 1. The minimum Gasteiger partial charge on any atom is -0.424 e. The summed E-state index contributed by atoms with van der Waals surface area (Å²) in [6.07, 6.45) is 0. The van der Waals surface area contributed by atoms with Crippen molar-refractivity contribution in [1.29, 1.82) is 0 Å². The van der Waals surface area contributed by atoms with Crippen LogP contribution < -0.4 is 10.5 Å². The third kappa shape index (κ3) is 3.67. The molecule has 2 aromatic rings. The molecule has 0 atom stereocenters. The van der Waals surface area contributed by atoms with Crippen molar-refractivity contribution in [2.45, 2.75) is 19.8 Å². The van der Waals surface area contributed by atoms with E-state index < -0.39 is 0 Å². The van der Waals surface area contributed by atoms with Gasteiger partial charge in [-0.3, -0.25) is 0 Å². The first-order valence-electron chi connectivity index (χ1n) is 5.73. The molecule has 4 nitrogen and oxygen atoms in total. The first-order chi connectivity index (χ1) is 8.95. The molecule has 0 saturated heterocycles. The summed E-state index contributed by atoms with van der Waals surface area (Å²) in [5.74, 6) is 1.42. The Bertz CT molecular complexity index is 582. The summed E-state index contributed by atoms with van der Waals surface area (Å²) < 4.78 is 7.34. The molecule has 2 N–H and O–H groups in total. The van der Waals surface area contributed by atoms with E-state index in [1.165, 1.54) is 0 Å². The standard InChI is InChI=1S/C13H13Br2N3O/c1-7(2)9-5-8(14)3-4-10(9)19-13-17-11(15)6-12(16)18-13/h3-7H,1-2H3,(H2,16,17,18). The Hall–Kier alpha value is -1.14. The monoisotopic (exact) mass is 385 g/mol. The lowest BCUT2D eigenvalue weighted by molar-refractivity contribution is 0.434. The molecule has 0 spiro atoms. The molecule has 19 heavy (non-hydrogen) atoms. The first-order valence-corrected chi connectivity index (χ1v) is 7.31. The average Bonchev–Trinajstić information content (AvgIpc) is 2.30. The fourth-order valence-corrected chi connectivity index (χ4v) is 2.39. The summed E-state index contributed by atoms with van der Waals surface area (Å²) in [6.45, 7) is 4.20. The maximum Gasteiger partial charge on any atom is 0.325 e. The van der Waals surface area contributed by atoms with Crippen molar-refractivity contribution in [2.24, 2.45) is 0 Å². The second-order valence-corrected chi connectivity index (χ2v) is 6.07. The Morgan fingerprint density at radius 1 is 1.16 bits per heavy atom. The quantitative estimate of drug-likeness (QED) is 0.789. The van der Waals surface area contributed by atoms with Crippen LogP contribution in [0.1, 0.15) is 25.3 Å². The maximum atomic E-state index is 5.73. The Morgan fingerprint density at radius 3 is 2.53 bits per heavy atom. The molecular weight excluding hydrogens is 374 g/mol. The Morgan fingerprint density at radius 2 is 1.89 bits per heavy atom. The zero-order valence-corrected chi connectivity index (χ0v) is 13.7. The van der Waals surface area contributed by atoms with Crippen LogP contribution in [0.2, 0.25) is 0 Å². The number of hydrogen-bond acceptors (Lipinski definition) is 4. The minimum absolute atomic E-state index is 0.232. The summed E-state index contributed by atoms with van der Waals surface area (Å²) in [4.78, 5) is 8.20. The number of ether oxygens (including phenoxy) is 1. The van der Waals surface area contributed by atoms with E-state index in [9.17, 15) is 0 Å². The lowest BCUT2D eigenvalue weighted by Crippen LogP contribution is -1.99. The van der Waals surface area contributed by atoms with Crippen molar-refractivity contribution in [3.05, 3.63) is 38.9 Å². The van der Waals surface area contributed by atoms with Crippen molar-refractivity contribution < 1.29 is 4.74 Å². The number of halogens is 2. The molecule has 1 heterocycles. The molecule has 0 bridgehead atoms. The second kappa shape index (κ2) is 5.88. The summed E-state index contributed by atoms with van der Waals surface area (Å²) in [5.41, 5.74) is 6.75. The number of anilines is 1. The van der Waals surface area contributed by atoms with Crippen LogP contribution in [0, 0.1) is 0 Å². The van der Waals surface area contributed by atoms with Gasteiger partial charge in [-0.2, -0.15) is 9.97 Å². The third-order valence-corrected chi connectivity index (χ3v) is 3.39. The van der Waals surface area contributed by atoms with E-state index in [-0.39, 0.29) is 6.01 Å². The number of nitrogens with zero attached hydrogens (tertiary/aromatic N) is 2. The van der Waals surface area contributed by atoms with E-state index in [0.717, 1.165) is 15.8 Å². The summed E-state index contributed by atoms with van der Waals surface area (Å²) in [6, 6.07) is 7.69. The molecule has 1 aromatic carbocycles. The van der Waals surface area contributed by atoms with Gasteiger partial charge < -0.3 is 10.5 Å². The van der Waals surface area contributed by atoms with Gasteiger partial charge in [0.05, 0.1) is 0 Å². The second-order valence-electron chi connectivity index (χ2n) is 4.34. The van der Waals surface area contributed by atoms with Gasteiger partial charge in [0.25, 0.3) is 0 Å². The van der Waals surface area contributed by atoms with Crippen LogP contribution in [-0.4, -0.2) is 9.97 Å². The molecular formula is C13H13Br2N3O. The molecule has 0 radical (unpaired) electrons. The van der Waals surface area contributed by atoms with Gasteiger partial charge in [0.15, 0.2) is 0 Å². The van der Waals surface area contributed by atoms with Gasteiger partial charge in [-0.25, -0.2) is 0 Å². The number of rotatable bonds is 3. The van der Waals surface area contributed by atoms with Gasteiger partial charge in [-0.1, -0.05) is 29.8 Å². The highest BCUT2D eigenvalue weighted by Crippen LogP contribution is 2.32.